The predicted molar refractivity (Wildman–Crippen MR) is 121 cm³/mol. The Kier molecular flexibility index (Phi) is 5.63. The number of carbonyl (C=O) groups excluding carboxylic acids is 2. The van der Waals surface area contributed by atoms with Gasteiger partial charge in [0.05, 0.1) is 5.69 Å². The normalized spacial score (nSPS) is 13.1. The quantitative estimate of drug-likeness (QED) is 0.656. The van der Waals surface area contributed by atoms with Crippen molar-refractivity contribution in [3.8, 4) is 11.1 Å². The SMILES string of the molecule is CC(=O)N1CCc2c(c(Cc3ccc(-c4ccc(C(=O)N(C)C)cc4)cc3)nn2C)C1. The summed E-state index contributed by atoms with van der Waals surface area (Å²) in [5, 5.41) is 4.75. The first-order valence-electron chi connectivity index (χ1n) is 10.5. The summed E-state index contributed by atoms with van der Waals surface area (Å²) in [7, 11) is 5.50. The molecule has 0 spiro atoms. The monoisotopic (exact) mass is 416 g/mol. The van der Waals surface area contributed by atoms with Gasteiger partial charge < -0.3 is 9.80 Å². The molecule has 0 radical (unpaired) electrons. The van der Waals surface area contributed by atoms with Crippen molar-refractivity contribution in [1.82, 2.24) is 19.6 Å². The summed E-state index contributed by atoms with van der Waals surface area (Å²) in [5.41, 5.74) is 7.52. The lowest BCUT2D eigenvalue weighted by Crippen LogP contribution is -2.34. The number of fused-ring (bicyclic) bond motifs is 1. The maximum atomic E-state index is 12.1. The molecule has 0 bridgehead atoms. The fourth-order valence-corrected chi connectivity index (χ4v) is 4.15. The number of rotatable bonds is 4. The van der Waals surface area contributed by atoms with Crippen LogP contribution in [0.5, 0.6) is 0 Å². The van der Waals surface area contributed by atoms with Crippen LogP contribution in [0.3, 0.4) is 0 Å². The van der Waals surface area contributed by atoms with Gasteiger partial charge in [0.2, 0.25) is 5.91 Å². The van der Waals surface area contributed by atoms with Crippen molar-refractivity contribution >= 4 is 11.8 Å². The molecule has 2 amide bonds. The van der Waals surface area contributed by atoms with Crippen LogP contribution >= 0.6 is 0 Å². The van der Waals surface area contributed by atoms with E-state index >= 15 is 0 Å². The smallest absolute Gasteiger partial charge is 0.253 e. The lowest BCUT2D eigenvalue weighted by atomic mass is 9.98. The molecule has 0 fully saturated rings. The highest BCUT2D eigenvalue weighted by molar-refractivity contribution is 5.94. The van der Waals surface area contributed by atoms with Crippen LogP contribution in [-0.4, -0.2) is 52.0 Å². The van der Waals surface area contributed by atoms with Gasteiger partial charge in [-0.15, -0.1) is 0 Å². The van der Waals surface area contributed by atoms with Gasteiger partial charge in [0.15, 0.2) is 0 Å². The number of amides is 2. The first-order chi connectivity index (χ1) is 14.8. The molecule has 0 atom stereocenters. The number of hydrogen-bond acceptors (Lipinski definition) is 3. The van der Waals surface area contributed by atoms with Gasteiger partial charge in [0.25, 0.3) is 5.91 Å². The molecule has 2 aromatic carbocycles. The van der Waals surface area contributed by atoms with Crippen LogP contribution in [0.15, 0.2) is 48.5 Å². The summed E-state index contributed by atoms with van der Waals surface area (Å²) >= 11 is 0. The molecule has 1 aliphatic heterocycles. The molecule has 1 aromatic heterocycles. The van der Waals surface area contributed by atoms with Gasteiger partial charge in [-0.3, -0.25) is 14.3 Å². The van der Waals surface area contributed by atoms with Crippen molar-refractivity contribution in [3.05, 3.63) is 76.6 Å². The first kappa shape index (κ1) is 20.8. The van der Waals surface area contributed by atoms with E-state index in [-0.39, 0.29) is 11.8 Å². The lowest BCUT2D eigenvalue weighted by Gasteiger charge is -2.26. The zero-order valence-electron chi connectivity index (χ0n) is 18.6. The van der Waals surface area contributed by atoms with Crippen molar-refractivity contribution in [1.29, 1.82) is 0 Å². The standard InChI is InChI=1S/C25H28N4O2/c1-17(30)29-14-13-24-22(16-29)23(26-28(24)4)15-18-5-7-19(8-6-18)20-9-11-21(12-10-20)25(31)27(2)3/h5-12H,13-16H2,1-4H3. The van der Waals surface area contributed by atoms with Crippen LogP contribution in [0.25, 0.3) is 11.1 Å². The highest BCUT2D eigenvalue weighted by Crippen LogP contribution is 2.26. The molecule has 3 aromatic rings. The Bertz CT molecular complexity index is 1110. The van der Waals surface area contributed by atoms with Crippen LogP contribution in [0.1, 0.15) is 39.8 Å². The molecule has 1 aliphatic rings. The first-order valence-corrected chi connectivity index (χ1v) is 10.5. The molecule has 0 N–H and O–H groups in total. The average molecular weight is 417 g/mol. The Morgan fingerprint density at radius 2 is 1.61 bits per heavy atom. The van der Waals surface area contributed by atoms with Crippen LogP contribution in [0.4, 0.5) is 0 Å². The summed E-state index contributed by atoms with van der Waals surface area (Å²) in [5.74, 6) is 0.118. The van der Waals surface area contributed by atoms with E-state index in [1.165, 1.54) is 16.8 Å². The lowest BCUT2D eigenvalue weighted by molar-refractivity contribution is -0.129. The Morgan fingerprint density at radius 1 is 1.00 bits per heavy atom. The van der Waals surface area contributed by atoms with Crippen molar-refractivity contribution < 1.29 is 9.59 Å². The summed E-state index contributed by atoms with van der Waals surface area (Å²) in [6, 6.07) is 16.2. The predicted octanol–water partition coefficient (Wildman–Crippen LogP) is 3.28. The molecule has 31 heavy (non-hydrogen) atoms. The minimum Gasteiger partial charge on any atom is -0.345 e. The van der Waals surface area contributed by atoms with Gasteiger partial charge in [0, 0.05) is 70.8 Å². The Balaban J connectivity index is 1.51. The topological polar surface area (TPSA) is 58.4 Å². The van der Waals surface area contributed by atoms with Gasteiger partial charge in [0.1, 0.15) is 0 Å². The Morgan fingerprint density at radius 3 is 2.19 bits per heavy atom. The Hall–Kier alpha value is -3.41. The molecule has 0 saturated carbocycles. The van der Waals surface area contributed by atoms with Crippen molar-refractivity contribution in [2.45, 2.75) is 26.3 Å². The van der Waals surface area contributed by atoms with E-state index in [0.29, 0.717) is 12.1 Å². The van der Waals surface area contributed by atoms with Crippen molar-refractivity contribution in [2.24, 2.45) is 7.05 Å². The highest BCUT2D eigenvalue weighted by atomic mass is 16.2. The second-order valence-electron chi connectivity index (χ2n) is 8.34. The highest BCUT2D eigenvalue weighted by Gasteiger charge is 2.25. The molecule has 160 valence electrons. The van der Waals surface area contributed by atoms with Crippen LogP contribution in [0.2, 0.25) is 0 Å². The third kappa shape index (κ3) is 4.24. The van der Waals surface area contributed by atoms with Gasteiger partial charge in [-0.2, -0.15) is 5.10 Å². The van der Waals surface area contributed by atoms with Gasteiger partial charge >= 0.3 is 0 Å². The third-order valence-corrected chi connectivity index (χ3v) is 5.97. The summed E-state index contributed by atoms with van der Waals surface area (Å²) < 4.78 is 1.97. The molecule has 0 unspecified atom stereocenters. The van der Waals surface area contributed by atoms with Crippen LogP contribution in [-0.2, 0) is 31.2 Å². The summed E-state index contributed by atoms with van der Waals surface area (Å²) in [6.07, 6.45) is 1.59. The molecule has 6 nitrogen and oxygen atoms in total. The van der Waals surface area contributed by atoms with E-state index in [1.807, 2.05) is 40.9 Å². The number of nitrogens with zero attached hydrogens (tertiary/aromatic N) is 4. The summed E-state index contributed by atoms with van der Waals surface area (Å²) in [4.78, 5) is 27.4. The fourth-order valence-electron chi connectivity index (χ4n) is 4.15. The molecule has 0 saturated heterocycles. The number of aryl methyl sites for hydroxylation is 1. The third-order valence-electron chi connectivity index (χ3n) is 5.97. The number of benzene rings is 2. The second kappa shape index (κ2) is 8.38. The molecule has 0 aliphatic carbocycles. The largest absolute Gasteiger partial charge is 0.345 e. The van der Waals surface area contributed by atoms with E-state index in [4.69, 9.17) is 5.10 Å². The summed E-state index contributed by atoms with van der Waals surface area (Å²) in [6.45, 7) is 3.03. The van der Waals surface area contributed by atoms with Gasteiger partial charge in [-0.25, -0.2) is 0 Å². The van der Waals surface area contributed by atoms with E-state index in [1.54, 1.807) is 25.9 Å². The maximum absolute atomic E-state index is 12.1. The molecule has 6 heteroatoms. The van der Waals surface area contributed by atoms with Crippen molar-refractivity contribution in [3.63, 3.8) is 0 Å². The molecule has 4 rings (SSSR count). The van der Waals surface area contributed by atoms with Gasteiger partial charge in [-0.1, -0.05) is 36.4 Å². The van der Waals surface area contributed by atoms with Crippen LogP contribution < -0.4 is 0 Å². The second-order valence-corrected chi connectivity index (χ2v) is 8.34. The van der Waals surface area contributed by atoms with Gasteiger partial charge in [-0.05, 0) is 28.8 Å². The number of carbonyl (C=O) groups is 2. The van der Waals surface area contributed by atoms with E-state index in [0.717, 1.165) is 36.2 Å². The zero-order valence-corrected chi connectivity index (χ0v) is 18.6. The van der Waals surface area contributed by atoms with E-state index in [9.17, 15) is 9.59 Å². The molecular formula is C25H28N4O2. The Labute approximate surface area is 183 Å². The number of aromatic nitrogens is 2. The van der Waals surface area contributed by atoms with Crippen molar-refractivity contribution in [2.75, 3.05) is 20.6 Å². The molecule has 2 heterocycles. The van der Waals surface area contributed by atoms with Crippen LogP contribution in [0, 0.1) is 0 Å². The zero-order chi connectivity index (χ0) is 22.1. The maximum Gasteiger partial charge on any atom is 0.253 e. The minimum atomic E-state index is 0.00364. The fraction of sp³-hybridized carbons (Fsp3) is 0.320. The average Bonchev–Trinajstić information content (AvgIpc) is 3.08. The van der Waals surface area contributed by atoms with E-state index < -0.39 is 0 Å². The van der Waals surface area contributed by atoms with E-state index in [2.05, 4.69) is 24.3 Å². The minimum absolute atomic E-state index is 0.00364. The number of hydrogen-bond donors (Lipinski definition) is 0. The molecular weight excluding hydrogens is 388 g/mol.